The topological polar surface area (TPSA) is 75.3 Å². The van der Waals surface area contributed by atoms with Gasteiger partial charge in [-0.3, -0.25) is 0 Å². The first-order valence-corrected chi connectivity index (χ1v) is 8.56. The maximum absolute atomic E-state index is 14.3. The molecule has 0 amide bonds. The Morgan fingerprint density at radius 1 is 1.26 bits per heavy atom. The number of aliphatic imine (C=N–C) groups is 1. The van der Waals surface area contributed by atoms with E-state index in [1.165, 1.54) is 18.3 Å². The van der Waals surface area contributed by atoms with E-state index in [2.05, 4.69) is 20.4 Å². The number of aliphatic hydroxyl groups excluding tert-OH is 1. The molecule has 2 aromatic heterocycles. The number of pyridine rings is 1. The lowest BCUT2D eigenvalue weighted by atomic mass is 10.1. The lowest BCUT2D eigenvalue weighted by molar-refractivity contribution is 0.277. The highest BCUT2D eigenvalue weighted by Gasteiger charge is 2.28. The van der Waals surface area contributed by atoms with Crippen LogP contribution in [-0.2, 0) is 6.61 Å². The first kappa shape index (κ1) is 17.8. The van der Waals surface area contributed by atoms with Crippen LogP contribution in [0, 0.1) is 11.6 Å². The summed E-state index contributed by atoms with van der Waals surface area (Å²) in [7, 11) is 0. The molecule has 0 radical (unpaired) electrons. The van der Waals surface area contributed by atoms with Crippen LogP contribution in [0.15, 0.2) is 35.5 Å². The second kappa shape index (κ2) is 6.87. The molecule has 138 valence electrons. The molecule has 1 aliphatic heterocycles. The SMILES string of the molecule is OCc1nn(SF)c2c1N=C(c1c(F)cccc1F)Nc1cnc(Cl)cc1-2. The third-order valence-electron chi connectivity index (χ3n) is 3.92. The van der Waals surface area contributed by atoms with Crippen molar-refractivity contribution in [3.63, 3.8) is 0 Å². The molecule has 0 aliphatic carbocycles. The summed E-state index contributed by atoms with van der Waals surface area (Å²) >= 11 is 5.75. The highest BCUT2D eigenvalue weighted by Crippen LogP contribution is 2.43. The Hall–Kier alpha value is -2.56. The number of anilines is 1. The Labute approximate surface area is 160 Å². The Balaban J connectivity index is 2.06. The smallest absolute Gasteiger partial charge is 0.188 e. The summed E-state index contributed by atoms with van der Waals surface area (Å²) in [5, 5.41) is 16.4. The summed E-state index contributed by atoms with van der Waals surface area (Å²) in [5.74, 6) is -1.86. The minimum atomic E-state index is -0.842. The van der Waals surface area contributed by atoms with Crippen LogP contribution in [0.3, 0.4) is 0 Å². The molecule has 4 rings (SSSR count). The summed E-state index contributed by atoms with van der Waals surface area (Å²) in [6.45, 7) is -0.555. The zero-order chi connectivity index (χ0) is 19.1. The van der Waals surface area contributed by atoms with Crippen LogP contribution in [0.1, 0.15) is 11.3 Å². The molecule has 0 unspecified atom stereocenters. The molecule has 6 nitrogen and oxygen atoms in total. The number of hydrogen-bond acceptors (Lipinski definition) is 6. The van der Waals surface area contributed by atoms with Crippen molar-refractivity contribution >= 4 is 41.1 Å². The van der Waals surface area contributed by atoms with Gasteiger partial charge in [-0.2, -0.15) is 9.19 Å². The van der Waals surface area contributed by atoms with E-state index in [1.807, 2.05) is 0 Å². The first-order valence-electron chi connectivity index (χ1n) is 7.51. The Bertz CT molecular complexity index is 1070. The van der Waals surface area contributed by atoms with Gasteiger partial charge in [0, 0.05) is 5.56 Å². The van der Waals surface area contributed by atoms with Crippen molar-refractivity contribution in [2.75, 3.05) is 5.32 Å². The van der Waals surface area contributed by atoms with E-state index in [0.717, 1.165) is 16.2 Å². The molecular weight excluding hydrogens is 403 g/mol. The number of halogens is 4. The van der Waals surface area contributed by atoms with Crippen LogP contribution in [-0.4, -0.2) is 25.1 Å². The largest absolute Gasteiger partial charge is 0.390 e. The molecule has 0 saturated carbocycles. The first-order chi connectivity index (χ1) is 13.0. The van der Waals surface area contributed by atoms with Crippen molar-refractivity contribution in [1.82, 2.24) is 14.2 Å². The van der Waals surface area contributed by atoms with Gasteiger partial charge in [0.2, 0.25) is 0 Å². The van der Waals surface area contributed by atoms with Crippen molar-refractivity contribution in [3.05, 3.63) is 58.5 Å². The number of nitrogens with zero attached hydrogens (tertiary/aromatic N) is 4. The summed E-state index contributed by atoms with van der Waals surface area (Å²) in [4.78, 5) is 8.19. The van der Waals surface area contributed by atoms with Gasteiger partial charge in [0.15, 0.2) is 12.3 Å². The van der Waals surface area contributed by atoms with Gasteiger partial charge in [0.25, 0.3) is 0 Å². The average molecular weight is 412 g/mol. The van der Waals surface area contributed by atoms with Crippen LogP contribution in [0.4, 0.5) is 24.0 Å². The van der Waals surface area contributed by atoms with Crippen LogP contribution >= 0.6 is 23.9 Å². The Kier molecular flexibility index (Phi) is 4.54. The molecule has 0 saturated heterocycles. The number of benzene rings is 1. The molecule has 1 aromatic carbocycles. The van der Waals surface area contributed by atoms with Gasteiger partial charge in [-0.25, -0.2) is 18.8 Å². The lowest BCUT2D eigenvalue weighted by Crippen LogP contribution is -2.17. The highest BCUT2D eigenvalue weighted by atomic mass is 35.5. The van der Waals surface area contributed by atoms with Crippen LogP contribution in [0.5, 0.6) is 0 Å². The van der Waals surface area contributed by atoms with E-state index in [4.69, 9.17) is 11.6 Å². The van der Waals surface area contributed by atoms with E-state index < -0.39 is 23.8 Å². The Morgan fingerprint density at radius 3 is 2.67 bits per heavy atom. The van der Waals surface area contributed by atoms with E-state index in [1.54, 1.807) is 0 Å². The number of amidine groups is 1. The number of aliphatic hydroxyl groups is 1. The van der Waals surface area contributed by atoms with Gasteiger partial charge in [-0.1, -0.05) is 17.7 Å². The number of hydrogen-bond donors (Lipinski definition) is 2. The minimum absolute atomic E-state index is 0.0342. The Morgan fingerprint density at radius 2 is 2.00 bits per heavy atom. The summed E-state index contributed by atoms with van der Waals surface area (Å²) in [6.07, 6.45) is 1.33. The highest BCUT2D eigenvalue weighted by molar-refractivity contribution is 7.92. The van der Waals surface area contributed by atoms with Crippen LogP contribution < -0.4 is 5.32 Å². The van der Waals surface area contributed by atoms with Crippen LogP contribution in [0.25, 0.3) is 11.3 Å². The zero-order valence-electron chi connectivity index (χ0n) is 13.3. The molecule has 0 atom stereocenters. The van der Waals surface area contributed by atoms with E-state index >= 15 is 0 Å². The van der Waals surface area contributed by atoms with Crippen molar-refractivity contribution in [2.45, 2.75) is 6.61 Å². The standard InChI is InChI=1S/C16H9ClF3N5OS/c17-12-4-7-10(5-21-12)22-16(13-8(18)2-1-3-9(13)19)23-14-11(6-26)24-25(27-20)15(7)14/h1-5,26H,6H2,(H,22,23). The molecular formula is C16H9ClF3N5OS. The molecule has 3 heterocycles. The molecule has 0 fully saturated rings. The number of aromatic nitrogens is 3. The fourth-order valence-electron chi connectivity index (χ4n) is 2.77. The van der Waals surface area contributed by atoms with E-state index in [9.17, 15) is 17.8 Å². The molecule has 2 N–H and O–H groups in total. The van der Waals surface area contributed by atoms with Gasteiger partial charge >= 0.3 is 0 Å². The maximum Gasteiger partial charge on any atom is 0.188 e. The quantitative estimate of drug-likeness (QED) is 0.630. The summed E-state index contributed by atoms with van der Waals surface area (Å²) in [5.41, 5.74) is 0.513. The van der Waals surface area contributed by atoms with Gasteiger partial charge < -0.3 is 10.4 Å². The second-order valence-corrected chi connectivity index (χ2v) is 6.35. The maximum atomic E-state index is 14.3. The van der Waals surface area contributed by atoms with Crippen molar-refractivity contribution in [1.29, 1.82) is 0 Å². The van der Waals surface area contributed by atoms with Gasteiger partial charge in [0.05, 0.1) is 24.1 Å². The third kappa shape index (κ3) is 2.95. The van der Waals surface area contributed by atoms with Crippen molar-refractivity contribution in [3.8, 4) is 11.3 Å². The lowest BCUT2D eigenvalue weighted by Gasteiger charge is -2.12. The summed E-state index contributed by atoms with van der Waals surface area (Å²) < 4.78 is 43.0. The third-order valence-corrected chi connectivity index (χ3v) is 4.52. The number of rotatable bonds is 3. The average Bonchev–Trinajstić information content (AvgIpc) is 2.91. The number of nitrogens with one attached hydrogen (secondary N) is 1. The van der Waals surface area contributed by atoms with Gasteiger partial charge in [-0.05, 0) is 18.2 Å². The normalized spacial score (nSPS) is 12.7. The molecule has 27 heavy (non-hydrogen) atoms. The molecule has 0 bridgehead atoms. The van der Waals surface area contributed by atoms with Crippen LogP contribution in [0.2, 0.25) is 5.15 Å². The fraction of sp³-hybridized carbons (Fsp3) is 0.0625. The fourth-order valence-corrected chi connectivity index (χ4v) is 3.32. The van der Waals surface area contributed by atoms with E-state index in [-0.39, 0.29) is 40.4 Å². The summed E-state index contributed by atoms with van der Waals surface area (Å²) in [6, 6.07) is 4.84. The van der Waals surface area contributed by atoms with E-state index in [0.29, 0.717) is 11.3 Å². The number of fused-ring (bicyclic) bond motifs is 3. The molecule has 1 aliphatic rings. The predicted octanol–water partition coefficient (Wildman–Crippen LogP) is 4.25. The zero-order valence-corrected chi connectivity index (χ0v) is 14.8. The second-order valence-electron chi connectivity index (χ2n) is 5.48. The van der Waals surface area contributed by atoms with Gasteiger partial charge in [-0.15, -0.1) is 3.89 Å². The van der Waals surface area contributed by atoms with Crippen molar-refractivity contribution in [2.24, 2.45) is 4.99 Å². The predicted molar refractivity (Wildman–Crippen MR) is 96.7 cm³/mol. The van der Waals surface area contributed by atoms with Crippen molar-refractivity contribution < 1.29 is 17.8 Å². The molecule has 3 aromatic rings. The van der Waals surface area contributed by atoms with Gasteiger partial charge in [0.1, 0.15) is 39.7 Å². The molecule has 0 spiro atoms. The minimum Gasteiger partial charge on any atom is -0.390 e. The molecule has 11 heteroatoms. The monoisotopic (exact) mass is 411 g/mol.